The minimum absolute atomic E-state index is 0.103. The normalized spacial score (nSPS) is 12.9. The minimum Gasteiger partial charge on any atom is -0.462 e. The SMILES string of the molecule is CC\C=C/C=C\C=C/CCCCCCCC(=O)OCC(COC(=O)CCCCCCC/C=C\C=C/CCCCCCCCC)OC(=O)CCCCCC/C=C\C/C=C\C/C=C\CC. The summed E-state index contributed by atoms with van der Waals surface area (Å²) in [5, 5.41) is 0. The summed E-state index contributed by atoms with van der Waals surface area (Å²) in [6.45, 7) is 6.33. The van der Waals surface area contributed by atoms with Crippen LogP contribution in [0.5, 0.6) is 0 Å². The van der Waals surface area contributed by atoms with E-state index in [1.807, 2.05) is 0 Å². The molecule has 0 aromatic carbocycles. The van der Waals surface area contributed by atoms with E-state index in [-0.39, 0.29) is 31.1 Å². The Bertz CT molecular complexity index is 1280. The van der Waals surface area contributed by atoms with Crippen molar-refractivity contribution in [3.8, 4) is 0 Å². The minimum atomic E-state index is -0.805. The summed E-state index contributed by atoms with van der Waals surface area (Å²) < 4.78 is 16.7. The fraction of sp³-hybridized carbons (Fsp3) is 0.667. The maximum Gasteiger partial charge on any atom is 0.306 e. The van der Waals surface area contributed by atoms with Gasteiger partial charge in [-0.1, -0.05) is 208 Å². The highest BCUT2D eigenvalue weighted by Crippen LogP contribution is 2.13. The molecule has 0 aromatic heterocycles. The monoisotopic (exact) mass is 875 g/mol. The molecule has 63 heavy (non-hydrogen) atoms. The van der Waals surface area contributed by atoms with Crippen molar-refractivity contribution in [3.63, 3.8) is 0 Å². The van der Waals surface area contributed by atoms with Crippen LogP contribution in [0, 0.1) is 0 Å². The molecule has 0 aliphatic rings. The van der Waals surface area contributed by atoms with Crippen LogP contribution < -0.4 is 0 Å². The van der Waals surface area contributed by atoms with Crippen LogP contribution in [0.25, 0.3) is 0 Å². The summed E-state index contributed by atoms with van der Waals surface area (Å²) in [6, 6.07) is 0. The number of unbranched alkanes of at least 4 members (excludes halogenated alkanes) is 21. The van der Waals surface area contributed by atoms with Crippen molar-refractivity contribution in [2.75, 3.05) is 13.2 Å². The molecule has 0 aromatic rings. The zero-order valence-corrected chi connectivity index (χ0v) is 40.8. The Hall–Kier alpha value is -3.67. The molecule has 6 heteroatoms. The Balaban J connectivity index is 4.47. The molecule has 0 N–H and O–H groups in total. The van der Waals surface area contributed by atoms with E-state index in [9.17, 15) is 14.4 Å². The third-order valence-electron chi connectivity index (χ3n) is 10.6. The molecule has 0 rings (SSSR count). The summed E-state index contributed by atoms with van der Waals surface area (Å²) in [7, 11) is 0. The molecule has 1 atom stereocenters. The summed E-state index contributed by atoms with van der Waals surface area (Å²) >= 11 is 0. The third kappa shape index (κ3) is 49.2. The molecule has 0 heterocycles. The highest BCUT2D eigenvalue weighted by molar-refractivity contribution is 5.71. The number of ether oxygens (including phenoxy) is 3. The van der Waals surface area contributed by atoms with Crippen LogP contribution in [0.2, 0.25) is 0 Å². The zero-order chi connectivity index (χ0) is 45.8. The van der Waals surface area contributed by atoms with E-state index in [0.29, 0.717) is 19.3 Å². The van der Waals surface area contributed by atoms with Crippen LogP contribution in [-0.4, -0.2) is 37.2 Å². The average molecular weight is 875 g/mol. The van der Waals surface area contributed by atoms with Gasteiger partial charge in [-0.15, -0.1) is 0 Å². The first kappa shape index (κ1) is 59.3. The largest absolute Gasteiger partial charge is 0.462 e. The Kier molecular flexibility index (Phi) is 48.0. The van der Waals surface area contributed by atoms with Crippen LogP contribution in [0.3, 0.4) is 0 Å². The van der Waals surface area contributed by atoms with Crippen molar-refractivity contribution in [2.45, 2.75) is 232 Å². The van der Waals surface area contributed by atoms with Crippen LogP contribution in [0.4, 0.5) is 0 Å². The molecular weight excluding hydrogens is 781 g/mol. The Morgan fingerprint density at radius 3 is 1.16 bits per heavy atom. The van der Waals surface area contributed by atoms with Crippen LogP contribution in [-0.2, 0) is 28.6 Å². The molecule has 358 valence electrons. The van der Waals surface area contributed by atoms with Gasteiger partial charge in [-0.25, -0.2) is 0 Å². The summed E-state index contributed by atoms with van der Waals surface area (Å²) in [5.41, 5.74) is 0. The van der Waals surface area contributed by atoms with Gasteiger partial charge < -0.3 is 14.2 Å². The number of hydrogen-bond acceptors (Lipinski definition) is 6. The predicted octanol–water partition coefficient (Wildman–Crippen LogP) is 17.0. The van der Waals surface area contributed by atoms with Gasteiger partial charge in [0.1, 0.15) is 13.2 Å². The molecule has 0 fully saturated rings. The predicted molar refractivity (Wildman–Crippen MR) is 270 cm³/mol. The number of allylic oxidation sites excluding steroid dienone is 16. The fourth-order valence-electron chi connectivity index (χ4n) is 6.80. The van der Waals surface area contributed by atoms with E-state index in [0.717, 1.165) is 135 Å². The molecule has 0 amide bonds. The van der Waals surface area contributed by atoms with Gasteiger partial charge in [0.15, 0.2) is 6.10 Å². The maximum absolute atomic E-state index is 12.8. The zero-order valence-electron chi connectivity index (χ0n) is 40.8. The van der Waals surface area contributed by atoms with Gasteiger partial charge in [-0.3, -0.25) is 14.4 Å². The topological polar surface area (TPSA) is 78.9 Å². The lowest BCUT2D eigenvalue weighted by Gasteiger charge is -2.18. The van der Waals surface area contributed by atoms with E-state index in [1.165, 1.54) is 51.4 Å². The Labute approximate surface area is 387 Å². The van der Waals surface area contributed by atoms with E-state index in [1.54, 1.807) is 0 Å². The molecular formula is C57H94O6. The van der Waals surface area contributed by atoms with Gasteiger partial charge in [0.25, 0.3) is 0 Å². The van der Waals surface area contributed by atoms with Gasteiger partial charge in [0.05, 0.1) is 0 Å². The van der Waals surface area contributed by atoms with Gasteiger partial charge in [0.2, 0.25) is 0 Å². The molecule has 6 nitrogen and oxygen atoms in total. The van der Waals surface area contributed by atoms with Gasteiger partial charge in [0, 0.05) is 19.3 Å². The van der Waals surface area contributed by atoms with E-state index < -0.39 is 6.10 Å². The van der Waals surface area contributed by atoms with Crippen molar-refractivity contribution in [3.05, 3.63) is 97.2 Å². The summed E-state index contributed by atoms with van der Waals surface area (Å²) in [6.07, 6.45) is 66.8. The second-order valence-electron chi connectivity index (χ2n) is 16.8. The number of esters is 3. The van der Waals surface area contributed by atoms with Crippen molar-refractivity contribution < 1.29 is 28.6 Å². The molecule has 0 bridgehead atoms. The lowest BCUT2D eigenvalue weighted by atomic mass is 10.1. The molecule has 0 radical (unpaired) electrons. The van der Waals surface area contributed by atoms with Crippen molar-refractivity contribution in [2.24, 2.45) is 0 Å². The number of carbonyl (C=O) groups is 3. The molecule has 0 saturated heterocycles. The highest BCUT2D eigenvalue weighted by Gasteiger charge is 2.19. The van der Waals surface area contributed by atoms with Crippen molar-refractivity contribution >= 4 is 17.9 Å². The first-order valence-corrected chi connectivity index (χ1v) is 25.8. The first-order valence-electron chi connectivity index (χ1n) is 25.8. The van der Waals surface area contributed by atoms with E-state index in [2.05, 4.69) is 118 Å². The smallest absolute Gasteiger partial charge is 0.306 e. The van der Waals surface area contributed by atoms with Gasteiger partial charge in [-0.05, 0) is 96.3 Å². The van der Waals surface area contributed by atoms with Crippen LogP contribution in [0.1, 0.15) is 226 Å². The fourth-order valence-corrected chi connectivity index (χ4v) is 6.80. The van der Waals surface area contributed by atoms with Gasteiger partial charge >= 0.3 is 17.9 Å². The molecule has 0 saturated carbocycles. The molecule has 0 aliphatic carbocycles. The van der Waals surface area contributed by atoms with Gasteiger partial charge in [-0.2, -0.15) is 0 Å². The molecule has 0 aliphatic heterocycles. The average Bonchev–Trinajstić information content (AvgIpc) is 3.28. The Morgan fingerprint density at radius 2 is 0.698 bits per heavy atom. The van der Waals surface area contributed by atoms with Crippen LogP contribution >= 0.6 is 0 Å². The third-order valence-corrected chi connectivity index (χ3v) is 10.6. The highest BCUT2D eigenvalue weighted by atomic mass is 16.6. The molecule has 0 spiro atoms. The Morgan fingerprint density at radius 1 is 0.349 bits per heavy atom. The standard InChI is InChI=1S/C57H94O6/c1-4-7-10-13-16-19-22-25-27-28-29-30-33-35-38-41-44-47-50-56(59)62-53-54(52-61-55(58)49-46-43-40-37-34-31-24-21-18-15-12-9-6-3)63-57(60)51-48-45-42-39-36-32-26-23-20-17-14-11-8-5-2/h8-9,11-12,15,17-18,20-21,24,26-30,32,54H,4-7,10,13-14,16,19,22-23,25,31,33-53H2,1-3H3/b11-8-,12-9-,18-15-,20-17-,24-21-,28-27-,30-29-,32-26-. The quantitative estimate of drug-likeness (QED) is 0.0199. The number of hydrogen-bond donors (Lipinski definition) is 0. The lowest BCUT2D eigenvalue weighted by Crippen LogP contribution is -2.30. The second-order valence-corrected chi connectivity index (χ2v) is 16.8. The van der Waals surface area contributed by atoms with Crippen LogP contribution in [0.15, 0.2) is 97.2 Å². The molecule has 1 unspecified atom stereocenters. The first-order chi connectivity index (χ1) is 31.0. The summed E-state index contributed by atoms with van der Waals surface area (Å²) in [4.78, 5) is 38.0. The van der Waals surface area contributed by atoms with Crippen molar-refractivity contribution in [1.82, 2.24) is 0 Å². The number of rotatable bonds is 45. The number of carbonyl (C=O) groups excluding carboxylic acids is 3. The second kappa shape index (κ2) is 51.0. The maximum atomic E-state index is 12.8. The summed E-state index contributed by atoms with van der Waals surface area (Å²) in [5.74, 6) is -0.964. The van der Waals surface area contributed by atoms with E-state index in [4.69, 9.17) is 14.2 Å². The van der Waals surface area contributed by atoms with E-state index >= 15 is 0 Å². The van der Waals surface area contributed by atoms with Crippen molar-refractivity contribution in [1.29, 1.82) is 0 Å². The lowest BCUT2D eigenvalue weighted by molar-refractivity contribution is -0.167.